The van der Waals surface area contributed by atoms with E-state index in [1.165, 1.54) is 5.56 Å². The third kappa shape index (κ3) is 6.56. The Bertz CT molecular complexity index is 637. The molecule has 1 aromatic carbocycles. The van der Waals surface area contributed by atoms with Crippen LogP contribution in [-0.2, 0) is 6.42 Å². The number of nitrogens with zero attached hydrogens (tertiary/aromatic N) is 2. The van der Waals surface area contributed by atoms with E-state index in [9.17, 15) is 0 Å². The number of furan rings is 1. The Morgan fingerprint density at radius 1 is 1.15 bits per heavy atom. The quantitative estimate of drug-likeness (QED) is 0.534. The molecule has 1 aromatic heterocycles. The summed E-state index contributed by atoms with van der Waals surface area (Å²) < 4.78 is 5.57. The second-order valence-electron chi connectivity index (χ2n) is 6.78. The van der Waals surface area contributed by atoms with Crippen molar-refractivity contribution in [1.29, 1.82) is 0 Å². The van der Waals surface area contributed by atoms with Crippen molar-refractivity contribution >= 4 is 5.96 Å². The average molecular weight is 357 g/mol. The van der Waals surface area contributed by atoms with E-state index in [1.54, 1.807) is 6.26 Å². The number of hydrogen-bond acceptors (Lipinski definition) is 3. The summed E-state index contributed by atoms with van der Waals surface area (Å²) in [6.07, 6.45) is 3.83. The van der Waals surface area contributed by atoms with E-state index in [1.807, 2.05) is 26.2 Å². The van der Waals surface area contributed by atoms with Crippen LogP contribution in [0.2, 0.25) is 0 Å². The van der Waals surface area contributed by atoms with Crippen LogP contribution in [0, 0.1) is 0 Å². The van der Waals surface area contributed by atoms with Gasteiger partial charge >= 0.3 is 0 Å². The predicted molar refractivity (Wildman–Crippen MR) is 108 cm³/mol. The minimum atomic E-state index is 0.125. The van der Waals surface area contributed by atoms with Crippen LogP contribution < -0.4 is 10.6 Å². The number of guanidine groups is 1. The van der Waals surface area contributed by atoms with Gasteiger partial charge in [0.2, 0.25) is 0 Å². The van der Waals surface area contributed by atoms with Crippen molar-refractivity contribution in [3.63, 3.8) is 0 Å². The van der Waals surface area contributed by atoms with E-state index in [0.717, 1.165) is 31.1 Å². The highest BCUT2D eigenvalue weighted by molar-refractivity contribution is 5.80. The number of hydrogen-bond donors (Lipinski definition) is 2. The van der Waals surface area contributed by atoms with Gasteiger partial charge in [-0.1, -0.05) is 30.3 Å². The first-order valence-corrected chi connectivity index (χ1v) is 9.38. The summed E-state index contributed by atoms with van der Waals surface area (Å²) in [7, 11) is 4.09. The van der Waals surface area contributed by atoms with Gasteiger partial charge in [0.15, 0.2) is 5.96 Å². The minimum Gasteiger partial charge on any atom is -0.468 e. The molecule has 142 valence electrons. The van der Waals surface area contributed by atoms with Crippen molar-refractivity contribution in [2.45, 2.75) is 38.8 Å². The van der Waals surface area contributed by atoms with Gasteiger partial charge in [-0.3, -0.25) is 9.89 Å². The summed E-state index contributed by atoms with van der Waals surface area (Å²) in [4.78, 5) is 6.91. The second-order valence-corrected chi connectivity index (χ2v) is 6.78. The first-order chi connectivity index (χ1) is 12.6. The van der Waals surface area contributed by atoms with Gasteiger partial charge in [0.25, 0.3) is 0 Å². The molecule has 0 aliphatic rings. The number of rotatable bonds is 9. The molecule has 0 aliphatic carbocycles. The molecule has 0 amide bonds. The van der Waals surface area contributed by atoms with Gasteiger partial charge in [0.1, 0.15) is 5.76 Å². The Morgan fingerprint density at radius 2 is 1.92 bits per heavy atom. The average Bonchev–Trinajstić information content (AvgIpc) is 3.15. The number of aryl methyl sites for hydroxylation is 1. The number of aliphatic imine (C=N–C) groups is 1. The summed E-state index contributed by atoms with van der Waals surface area (Å²) in [5.41, 5.74) is 1.37. The van der Waals surface area contributed by atoms with E-state index in [0.29, 0.717) is 12.6 Å². The van der Waals surface area contributed by atoms with Crippen molar-refractivity contribution in [3.8, 4) is 0 Å². The second kappa shape index (κ2) is 10.7. The van der Waals surface area contributed by atoms with Crippen molar-refractivity contribution in [3.05, 3.63) is 60.1 Å². The molecule has 0 fully saturated rings. The Morgan fingerprint density at radius 3 is 2.54 bits per heavy atom. The molecule has 5 heteroatoms. The van der Waals surface area contributed by atoms with E-state index >= 15 is 0 Å². The van der Waals surface area contributed by atoms with E-state index in [-0.39, 0.29) is 6.04 Å². The zero-order valence-electron chi connectivity index (χ0n) is 16.4. The Balaban J connectivity index is 1.92. The van der Waals surface area contributed by atoms with Gasteiger partial charge in [-0.15, -0.1) is 0 Å². The van der Waals surface area contributed by atoms with E-state index in [2.05, 4.69) is 59.7 Å². The van der Waals surface area contributed by atoms with Crippen molar-refractivity contribution in [2.24, 2.45) is 4.99 Å². The monoisotopic (exact) mass is 356 g/mol. The SMILES string of the molecule is CCNC(=NCC(c1ccco1)N(C)C)NC(C)CCc1ccccc1. The molecule has 5 nitrogen and oxygen atoms in total. The van der Waals surface area contributed by atoms with Gasteiger partial charge in [-0.2, -0.15) is 0 Å². The lowest BCUT2D eigenvalue weighted by atomic mass is 10.1. The molecule has 0 bridgehead atoms. The van der Waals surface area contributed by atoms with Crippen LogP contribution in [0.25, 0.3) is 0 Å². The maximum atomic E-state index is 5.57. The zero-order chi connectivity index (χ0) is 18.8. The van der Waals surface area contributed by atoms with E-state index < -0.39 is 0 Å². The van der Waals surface area contributed by atoms with Crippen molar-refractivity contribution in [1.82, 2.24) is 15.5 Å². The summed E-state index contributed by atoms with van der Waals surface area (Å²) >= 11 is 0. The number of likely N-dealkylation sites (N-methyl/N-ethyl adjacent to an activating group) is 1. The number of benzene rings is 1. The Kier molecular flexibility index (Phi) is 8.22. The molecule has 1 heterocycles. The molecule has 0 spiro atoms. The molecule has 2 atom stereocenters. The molecule has 0 saturated heterocycles. The third-order valence-corrected chi connectivity index (χ3v) is 4.35. The summed E-state index contributed by atoms with van der Waals surface area (Å²) in [6, 6.07) is 15.0. The van der Waals surface area contributed by atoms with Crippen LogP contribution in [0.1, 0.15) is 37.6 Å². The molecule has 2 rings (SSSR count). The molecule has 2 N–H and O–H groups in total. The fourth-order valence-electron chi connectivity index (χ4n) is 2.82. The molecule has 2 unspecified atom stereocenters. The molecule has 26 heavy (non-hydrogen) atoms. The van der Waals surface area contributed by atoms with Crippen LogP contribution in [0.3, 0.4) is 0 Å². The molecule has 0 saturated carbocycles. The maximum Gasteiger partial charge on any atom is 0.191 e. The van der Waals surface area contributed by atoms with Crippen molar-refractivity contribution < 1.29 is 4.42 Å². The van der Waals surface area contributed by atoms with Crippen LogP contribution in [0.4, 0.5) is 0 Å². The highest BCUT2D eigenvalue weighted by atomic mass is 16.3. The summed E-state index contributed by atoms with van der Waals surface area (Å²) in [6.45, 7) is 5.76. The largest absolute Gasteiger partial charge is 0.468 e. The summed E-state index contributed by atoms with van der Waals surface area (Å²) in [5.74, 6) is 1.79. The van der Waals surface area contributed by atoms with Crippen LogP contribution in [0.15, 0.2) is 58.1 Å². The van der Waals surface area contributed by atoms with Crippen LogP contribution in [0.5, 0.6) is 0 Å². The molecular weight excluding hydrogens is 324 g/mol. The highest BCUT2D eigenvalue weighted by Gasteiger charge is 2.17. The fourth-order valence-corrected chi connectivity index (χ4v) is 2.82. The lowest BCUT2D eigenvalue weighted by molar-refractivity contribution is 0.265. The smallest absolute Gasteiger partial charge is 0.191 e. The van der Waals surface area contributed by atoms with Gasteiger partial charge in [0.05, 0.1) is 18.8 Å². The molecule has 0 radical (unpaired) electrons. The fraction of sp³-hybridized carbons (Fsp3) is 0.476. The first kappa shape index (κ1) is 20.0. The highest BCUT2D eigenvalue weighted by Crippen LogP contribution is 2.18. The van der Waals surface area contributed by atoms with Gasteiger partial charge in [-0.25, -0.2) is 0 Å². The Labute approximate surface area is 157 Å². The maximum absolute atomic E-state index is 5.57. The van der Waals surface area contributed by atoms with E-state index in [4.69, 9.17) is 9.41 Å². The van der Waals surface area contributed by atoms with Crippen LogP contribution in [-0.4, -0.2) is 44.1 Å². The minimum absolute atomic E-state index is 0.125. The zero-order valence-corrected chi connectivity index (χ0v) is 16.4. The lowest BCUT2D eigenvalue weighted by Gasteiger charge is -2.22. The van der Waals surface area contributed by atoms with Crippen LogP contribution >= 0.6 is 0 Å². The van der Waals surface area contributed by atoms with Gasteiger partial charge in [-0.05, 0) is 58.5 Å². The van der Waals surface area contributed by atoms with Crippen molar-refractivity contribution in [2.75, 3.05) is 27.2 Å². The normalized spacial score (nSPS) is 14.3. The lowest BCUT2D eigenvalue weighted by Crippen LogP contribution is -2.42. The summed E-state index contributed by atoms with van der Waals surface area (Å²) in [5, 5.41) is 6.86. The molecule has 2 aromatic rings. The molecular formula is C21H32N4O. The molecule has 0 aliphatic heterocycles. The topological polar surface area (TPSA) is 52.8 Å². The standard InChI is InChI=1S/C21H32N4O/c1-5-22-21(23-16-19(25(3)4)20-12-9-15-26-20)24-17(2)13-14-18-10-7-6-8-11-18/h6-12,15,17,19H,5,13-14,16H2,1-4H3,(H2,22,23,24). The number of nitrogens with one attached hydrogen (secondary N) is 2. The van der Waals surface area contributed by atoms with Gasteiger partial charge in [0, 0.05) is 12.6 Å². The first-order valence-electron chi connectivity index (χ1n) is 9.38. The van der Waals surface area contributed by atoms with Gasteiger partial charge < -0.3 is 15.1 Å². The third-order valence-electron chi connectivity index (χ3n) is 4.35. The Hall–Kier alpha value is -2.27. The predicted octanol–water partition coefficient (Wildman–Crippen LogP) is 3.46.